The summed E-state index contributed by atoms with van der Waals surface area (Å²) in [6.45, 7) is 3.70. The van der Waals surface area contributed by atoms with Crippen molar-refractivity contribution >= 4 is 44.8 Å². The highest BCUT2D eigenvalue weighted by molar-refractivity contribution is 7.89. The third-order valence-electron chi connectivity index (χ3n) is 6.18. The Kier molecular flexibility index (Phi) is 8.88. The van der Waals surface area contributed by atoms with E-state index in [1.165, 1.54) is 4.31 Å². The van der Waals surface area contributed by atoms with Gasteiger partial charge >= 0.3 is 0 Å². The molecule has 0 aliphatic heterocycles. The molecular formula is C26H28Cl3NO2S. The Bertz CT molecular complexity index is 1170. The zero-order valence-electron chi connectivity index (χ0n) is 18.9. The lowest BCUT2D eigenvalue weighted by Gasteiger charge is -2.34. The third kappa shape index (κ3) is 6.52. The van der Waals surface area contributed by atoms with Crippen LogP contribution in [0.5, 0.6) is 0 Å². The predicted octanol–water partition coefficient (Wildman–Crippen LogP) is 7.25. The summed E-state index contributed by atoms with van der Waals surface area (Å²) in [5.41, 5.74) is 2.91. The van der Waals surface area contributed by atoms with Crippen molar-refractivity contribution in [1.82, 2.24) is 4.31 Å². The summed E-state index contributed by atoms with van der Waals surface area (Å²) in [4.78, 5) is 0. The molecule has 7 heteroatoms. The third-order valence-corrected chi connectivity index (χ3v) is 9.34. The Morgan fingerprint density at radius 3 is 2.03 bits per heavy atom. The van der Waals surface area contributed by atoms with Crippen LogP contribution in [0.25, 0.3) is 0 Å². The first-order valence-electron chi connectivity index (χ1n) is 10.8. The van der Waals surface area contributed by atoms with Crippen molar-refractivity contribution < 1.29 is 8.42 Å². The largest absolute Gasteiger partial charge is 0.217 e. The minimum absolute atomic E-state index is 0.135. The Balaban J connectivity index is 1.90. The molecule has 3 atom stereocenters. The molecule has 176 valence electrons. The Hall–Kier alpha value is -1.56. The molecule has 3 rings (SSSR count). The van der Waals surface area contributed by atoms with Crippen molar-refractivity contribution in [3.63, 3.8) is 0 Å². The molecule has 0 heterocycles. The molecule has 0 aromatic heterocycles. The minimum Gasteiger partial charge on any atom is -0.212 e. The maximum atomic E-state index is 13.5. The van der Waals surface area contributed by atoms with E-state index in [9.17, 15) is 8.42 Å². The molecule has 0 radical (unpaired) electrons. The molecular weight excluding hydrogens is 497 g/mol. The molecule has 0 amide bonds. The number of sulfonamides is 1. The van der Waals surface area contributed by atoms with E-state index in [1.807, 2.05) is 67.6 Å². The molecule has 0 aliphatic carbocycles. The maximum Gasteiger partial charge on any atom is 0.217 e. The molecule has 0 saturated heterocycles. The lowest BCUT2D eigenvalue weighted by molar-refractivity contribution is 0.333. The first kappa shape index (κ1) is 26.1. The average Bonchev–Trinajstić information content (AvgIpc) is 2.79. The number of benzene rings is 3. The summed E-state index contributed by atoms with van der Waals surface area (Å²) in [6, 6.07) is 22.3. The highest BCUT2D eigenvalue weighted by atomic mass is 35.5. The second kappa shape index (κ2) is 11.2. The van der Waals surface area contributed by atoms with Crippen molar-refractivity contribution in [2.24, 2.45) is 0 Å². The van der Waals surface area contributed by atoms with Crippen molar-refractivity contribution in [3.05, 3.63) is 105 Å². The summed E-state index contributed by atoms with van der Waals surface area (Å²) >= 11 is 18.6. The topological polar surface area (TPSA) is 37.4 Å². The van der Waals surface area contributed by atoms with Gasteiger partial charge in [0.05, 0.1) is 5.25 Å². The number of hydrogen-bond donors (Lipinski definition) is 0. The van der Waals surface area contributed by atoms with Crippen LogP contribution in [-0.2, 0) is 22.9 Å². The minimum atomic E-state index is -3.55. The van der Waals surface area contributed by atoms with Crippen LogP contribution in [0.15, 0.2) is 72.8 Å². The van der Waals surface area contributed by atoms with Gasteiger partial charge in [0.1, 0.15) is 0 Å². The molecule has 0 aliphatic rings. The molecule has 0 bridgehead atoms. The highest BCUT2D eigenvalue weighted by Crippen LogP contribution is 2.33. The van der Waals surface area contributed by atoms with Gasteiger partial charge in [0.2, 0.25) is 10.0 Å². The summed E-state index contributed by atoms with van der Waals surface area (Å²) in [5.74, 6) is -0.135. The molecule has 0 saturated carbocycles. The van der Waals surface area contributed by atoms with Crippen LogP contribution in [0, 0.1) is 0 Å². The van der Waals surface area contributed by atoms with Crippen LogP contribution in [0.3, 0.4) is 0 Å². The molecule has 3 aromatic carbocycles. The number of nitrogens with zero attached hydrogens (tertiary/aromatic N) is 1. The molecule has 0 N–H and O–H groups in total. The number of hydrogen-bond acceptors (Lipinski definition) is 2. The van der Waals surface area contributed by atoms with E-state index in [4.69, 9.17) is 34.8 Å². The van der Waals surface area contributed by atoms with Crippen molar-refractivity contribution in [3.8, 4) is 0 Å². The van der Waals surface area contributed by atoms with Gasteiger partial charge in [0, 0.05) is 34.1 Å². The fourth-order valence-electron chi connectivity index (χ4n) is 4.02. The Labute approximate surface area is 212 Å². The van der Waals surface area contributed by atoms with Gasteiger partial charge in [-0.05, 0) is 67.6 Å². The zero-order valence-corrected chi connectivity index (χ0v) is 22.0. The van der Waals surface area contributed by atoms with Gasteiger partial charge in [-0.25, -0.2) is 12.7 Å². The highest BCUT2D eigenvalue weighted by Gasteiger charge is 2.34. The van der Waals surface area contributed by atoms with E-state index >= 15 is 0 Å². The van der Waals surface area contributed by atoms with Gasteiger partial charge in [0.25, 0.3) is 0 Å². The van der Waals surface area contributed by atoms with Crippen molar-refractivity contribution in [2.45, 2.75) is 43.9 Å². The Morgan fingerprint density at radius 2 is 1.42 bits per heavy atom. The van der Waals surface area contributed by atoms with Crippen LogP contribution in [-0.4, -0.2) is 31.1 Å². The molecule has 3 aromatic rings. The van der Waals surface area contributed by atoms with Crippen LogP contribution in [0.4, 0.5) is 0 Å². The standard InChI is InChI=1S/C26H28Cl3NO2S/c1-18(15-20-7-5-4-6-8-20)33(31,32)30(3)19(2)25(21-9-12-23(27)13-10-21)16-22-11-14-24(28)17-26(22)29/h4-14,17-19,25H,15-16H2,1-3H3. The fourth-order valence-corrected chi connectivity index (χ4v) is 6.21. The zero-order chi connectivity index (χ0) is 24.2. The van der Waals surface area contributed by atoms with E-state index in [-0.39, 0.29) is 12.0 Å². The smallest absolute Gasteiger partial charge is 0.212 e. The first-order valence-corrected chi connectivity index (χ1v) is 13.4. The Morgan fingerprint density at radius 1 is 0.818 bits per heavy atom. The maximum absolute atomic E-state index is 13.5. The molecule has 0 fully saturated rings. The van der Waals surface area contributed by atoms with E-state index in [0.717, 1.165) is 16.7 Å². The summed E-state index contributed by atoms with van der Waals surface area (Å²) in [7, 11) is -1.89. The van der Waals surface area contributed by atoms with Gasteiger partial charge in [0.15, 0.2) is 0 Å². The predicted molar refractivity (Wildman–Crippen MR) is 140 cm³/mol. The number of rotatable bonds is 9. The lowest BCUT2D eigenvalue weighted by atomic mass is 9.86. The van der Waals surface area contributed by atoms with Gasteiger partial charge < -0.3 is 0 Å². The van der Waals surface area contributed by atoms with Crippen LogP contribution >= 0.6 is 34.8 Å². The normalized spacial score (nSPS) is 14.8. The summed E-state index contributed by atoms with van der Waals surface area (Å²) in [5, 5.41) is 1.20. The van der Waals surface area contributed by atoms with E-state index in [1.54, 1.807) is 26.1 Å². The van der Waals surface area contributed by atoms with Crippen molar-refractivity contribution in [1.29, 1.82) is 0 Å². The number of halogens is 3. The van der Waals surface area contributed by atoms with Gasteiger partial charge in [-0.1, -0.05) is 83.3 Å². The van der Waals surface area contributed by atoms with E-state index < -0.39 is 15.3 Å². The van der Waals surface area contributed by atoms with Crippen LogP contribution in [0.1, 0.15) is 36.5 Å². The fraction of sp³-hybridized carbons (Fsp3) is 0.308. The van der Waals surface area contributed by atoms with E-state index in [0.29, 0.717) is 27.9 Å². The molecule has 3 unspecified atom stereocenters. The van der Waals surface area contributed by atoms with Gasteiger partial charge in [-0.2, -0.15) is 0 Å². The first-order chi connectivity index (χ1) is 15.6. The van der Waals surface area contributed by atoms with Crippen molar-refractivity contribution in [2.75, 3.05) is 7.05 Å². The summed E-state index contributed by atoms with van der Waals surface area (Å²) < 4.78 is 28.5. The van der Waals surface area contributed by atoms with Gasteiger partial charge in [-0.3, -0.25) is 0 Å². The molecule has 3 nitrogen and oxygen atoms in total. The SMILES string of the molecule is CC(C(Cc1ccc(Cl)cc1Cl)c1ccc(Cl)cc1)N(C)S(=O)(=O)C(C)Cc1ccccc1. The van der Waals surface area contributed by atoms with Gasteiger partial charge in [-0.15, -0.1) is 0 Å². The van der Waals surface area contributed by atoms with Crippen LogP contribution in [0.2, 0.25) is 15.1 Å². The molecule has 0 spiro atoms. The monoisotopic (exact) mass is 523 g/mol. The lowest BCUT2D eigenvalue weighted by Crippen LogP contribution is -2.44. The number of likely N-dealkylation sites (N-methyl/N-ethyl adjacent to an activating group) is 1. The van der Waals surface area contributed by atoms with E-state index in [2.05, 4.69) is 0 Å². The second-order valence-corrected chi connectivity index (χ2v) is 12.1. The molecule has 33 heavy (non-hydrogen) atoms. The quantitative estimate of drug-likeness (QED) is 0.295. The average molecular weight is 525 g/mol. The second-order valence-electron chi connectivity index (χ2n) is 8.40. The summed E-state index contributed by atoms with van der Waals surface area (Å²) in [6.07, 6.45) is 1.01. The van der Waals surface area contributed by atoms with Crippen LogP contribution < -0.4 is 0 Å².